The number of carbonyl (C=O) groups is 2. The number of aromatic nitrogens is 2. The molecule has 20 heavy (non-hydrogen) atoms. The molecule has 104 valence electrons. The molecule has 1 amide bonds. The molecule has 0 fully saturated rings. The number of thiazole rings is 1. The zero-order valence-electron chi connectivity index (χ0n) is 9.94. The Morgan fingerprint density at radius 2 is 2.30 bits per heavy atom. The van der Waals surface area contributed by atoms with Crippen molar-refractivity contribution < 1.29 is 19.8 Å². The average molecular weight is 311 g/mol. The van der Waals surface area contributed by atoms with Gasteiger partial charge in [-0.2, -0.15) is 0 Å². The molecule has 9 heteroatoms. The number of thiophene rings is 1. The zero-order chi connectivity index (χ0) is 14.3. The highest BCUT2D eigenvalue weighted by Crippen LogP contribution is 2.28. The summed E-state index contributed by atoms with van der Waals surface area (Å²) >= 11 is 2.69. The summed E-state index contributed by atoms with van der Waals surface area (Å²) in [6, 6.07) is 0.360. The number of aliphatic hydroxyl groups excluding tert-OH is 1. The monoisotopic (exact) mass is 311 g/mol. The van der Waals surface area contributed by atoms with E-state index < -0.39 is 24.5 Å². The number of aliphatic hydroxyl groups is 1. The summed E-state index contributed by atoms with van der Waals surface area (Å²) in [6.07, 6.45) is 1.86. The summed E-state index contributed by atoms with van der Waals surface area (Å²) in [5.41, 5.74) is 0.812. The number of nitrogens with zero attached hydrogens (tertiary/aromatic N) is 2. The number of amides is 1. The smallest absolute Gasteiger partial charge is 0.328 e. The van der Waals surface area contributed by atoms with Gasteiger partial charge in [0.25, 0.3) is 5.91 Å². The number of carboxylic acid groups (broad SMARTS) is 1. The van der Waals surface area contributed by atoms with Crippen molar-refractivity contribution in [1.82, 2.24) is 14.7 Å². The summed E-state index contributed by atoms with van der Waals surface area (Å²) in [5.74, 6) is -1.80. The van der Waals surface area contributed by atoms with Crippen LogP contribution in [0.4, 0.5) is 0 Å². The first-order valence-corrected chi connectivity index (χ1v) is 7.29. The van der Waals surface area contributed by atoms with Gasteiger partial charge in [0.15, 0.2) is 11.0 Å². The predicted octanol–water partition coefficient (Wildman–Crippen LogP) is 0.786. The quantitative estimate of drug-likeness (QED) is 0.661. The van der Waals surface area contributed by atoms with Crippen LogP contribution in [0.15, 0.2) is 17.6 Å². The van der Waals surface area contributed by atoms with Crippen molar-refractivity contribution in [3.63, 3.8) is 0 Å². The van der Waals surface area contributed by atoms with Crippen LogP contribution >= 0.6 is 22.7 Å². The van der Waals surface area contributed by atoms with Gasteiger partial charge in [-0.1, -0.05) is 0 Å². The molecule has 3 N–H and O–H groups in total. The Kier molecular flexibility index (Phi) is 3.16. The van der Waals surface area contributed by atoms with Crippen molar-refractivity contribution in [2.24, 2.45) is 0 Å². The molecule has 0 saturated heterocycles. The van der Waals surface area contributed by atoms with E-state index in [2.05, 4.69) is 10.3 Å². The molecule has 0 aliphatic heterocycles. The number of rotatable bonds is 4. The second-order valence-corrected chi connectivity index (χ2v) is 5.92. The average Bonchev–Trinajstić information content (AvgIpc) is 3.05. The van der Waals surface area contributed by atoms with E-state index in [1.165, 1.54) is 22.7 Å². The van der Waals surface area contributed by atoms with Crippen molar-refractivity contribution in [1.29, 1.82) is 0 Å². The van der Waals surface area contributed by atoms with Gasteiger partial charge >= 0.3 is 5.97 Å². The van der Waals surface area contributed by atoms with E-state index in [1.807, 2.05) is 16.0 Å². The highest BCUT2D eigenvalue weighted by molar-refractivity contribution is 7.21. The molecule has 0 radical (unpaired) electrons. The SMILES string of the molecule is O=C(N[C@H](CO)C(=O)O)c1cc2c(nc3sccn32)s1. The van der Waals surface area contributed by atoms with Crippen LogP contribution in [-0.2, 0) is 4.79 Å². The minimum atomic E-state index is -1.30. The Balaban J connectivity index is 1.91. The number of hydrogen-bond acceptors (Lipinski definition) is 6. The lowest BCUT2D eigenvalue weighted by Gasteiger charge is -2.09. The molecule has 3 rings (SSSR count). The predicted molar refractivity (Wildman–Crippen MR) is 74.4 cm³/mol. The second-order valence-electron chi connectivity index (χ2n) is 4.02. The fourth-order valence-electron chi connectivity index (χ4n) is 1.77. The number of aliphatic carboxylic acids is 1. The number of imidazole rings is 1. The van der Waals surface area contributed by atoms with Crippen LogP contribution in [-0.4, -0.2) is 44.1 Å². The van der Waals surface area contributed by atoms with E-state index in [9.17, 15) is 9.59 Å². The van der Waals surface area contributed by atoms with Crippen LogP contribution in [0.3, 0.4) is 0 Å². The Morgan fingerprint density at radius 3 is 3.00 bits per heavy atom. The van der Waals surface area contributed by atoms with E-state index in [0.29, 0.717) is 4.88 Å². The molecule has 3 heterocycles. The van der Waals surface area contributed by atoms with Gasteiger partial charge in [-0.25, -0.2) is 9.78 Å². The molecule has 1 atom stereocenters. The molecule has 3 aromatic heterocycles. The maximum atomic E-state index is 12.0. The molecule has 0 aliphatic carbocycles. The zero-order valence-corrected chi connectivity index (χ0v) is 11.6. The van der Waals surface area contributed by atoms with Gasteiger partial charge in [-0.05, 0) is 6.07 Å². The summed E-state index contributed by atoms with van der Waals surface area (Å²) in [6.45, 7) is -0.653. The van der Waals surface area contributed by atoms with E-state index in [4.69, 9.17) is 10.2 Å². The van der Waals surface area contributed by atoms with Gasteiger partial charge in [0.05, 0.1) is 17.0 Å². The molecule has 0 bridgehead atoms. The molecule has 0 aliphatic rings. The fraction of sp³-hybridized carbons (Fsp3) is 0.182. The Hall–Kier alpha value is -1.97. The number of carbonyl (C=O) groups excluding carboxylic acids is 1. The normalized spacial score (nSPS) is 12.8. The molecule has 0 unspecified atom stereocenters. The third-order valence-corrected chi connectivity index (χ3v) is 4.52. The van der Waals surface area contributed by atoms with Gasteiger partial charge in [0.2, 0.25) is 0 Å². The van der Waals surface area contributed by atoms with Crippen molar-refractivity contribution in [2.45, 2.75) is 6.04 Å². The largest absolute Gasteiger partial charge is 0.480 e. The van der Waals surface area contributed by atoms with Gasteiger partial charge in [-0.15, -0.1) is 22.7 Å². The standard InChI is InChI=1S/C11H9N3O4S2/c15-4-5(10(17)18)12-8(16)7-3-6-9(20-7)13-11-14(6)1-2-19-11/h1-3,5,15H,4H2,(H,12,16)(H,17,18)/t5-/m1/s1. The number of carboxylic acids is 1. The first kappa shape index (κ1) is 13.0. The number of hydrogen-bond donors (Lipinski definition) is 3. The molecule has 0 aromatic carbocycles. The summed E-state index contributed by atoms with van der Waals surface area (Å²) < 4.78 is 1.87. The lowest BCUT2D eigenvalue weighted by Crippen LogP contribution is -2.43. The second kappa shape index (κ2) is 4.85. The highest BCUT2D eigenvalue weighted by atomic mass is 32.1. The van der Waals surface area contributed by atoms with Crippen molar-refractivity contribution >= 4 is 49.9 Å². The molecule has 3 aromatic rings. The van der Waals surface area contributed by atoms with Crippen LogP contribution in [0.2, 0.25) is 0 Å². The Bertz CT molecular complexity index is 803. The van der Waals surface area contributed by atoms with Crippen LogP contribution in [0.25, 0.3) is 15.3 Å². The number of fused-ring (bicyclic) bond motifs is 3. The van der Waals surface area contributed by atoms with Crippen LogP contribution < -0.4 is 5.32 Å². The third-order valence-electron chi connectivity index (χ3n) is 2.75. The fourth-order valence-corrected chi connectivity index (χ4v) is 3.48. The van der Waals surface area contributed by atoms with E-state index in [0.717, 1.165) is 15.3 Å². The van der Waals surface area contributed by atoms with Gasteiger partial charge in [0.1, 0.15) is 4.83 Å². The molecular formula is C11H9N3O4S2. The Morgan fingerprint density at radius 1 is 1.50 bits per heavy atom. The molecular weight excluding hydrogens is 302 g/mol. The van der Waals surface area contributed by atoms with Crippen molar-refractivity contribution in [3.8, 4) is 0 Å². The molecule has 7 nitrogen and oxygen atoms in total. The molecule has 0 spiro atoms. The van der Waals surface area contributed by atoms with Crippen molar-refractivity contribution in [2.75, 3.05) is 6.61 Å². The summed E-state index contributed by atoms with van der Waals surface area (Å²) in [4.78, 5) is 29.0. The maximum absolute atomic E-state index is 12.0. The van der Waals surface area contributed by atoms with Crippen LogP contribution in [0, 0.1) is 0 Å². The minimum Gasteiger partial charge on any atom is -0.480 e. The maximum Gasteiger partial charge on any atom is 0.328 e. The van der Waals surface area contributed by atoms with Gasteiger partial charge < -0.3 is 15.5 Å². The highest BCUT2D eigenvalue weighted by Gasteiger charge is 2.21. The third kappa shape index (κ3) is 2.05. The first-order chi connectivity index (χ1) is 9.60. The van der Waals surface area contributed by atoms with Gasteiger partial charge in [-0.3, -0.25) is 9.20 Å². The minimum absolute atomic E-state index is 0.364. The lowest BCUT2D eigenvalue weighted by molar-refractivity contribution is -0.140. The lowest BCUT2D eigenvalue weighted by atomic mass is 10.3. The van der Waals surface area contributed by atoms with Crippen molar-refractivity contribution in [3.05, 3.63) is 22.5 Å². The number of nitrogens with one attached hydrogen (secondary N) is 1. The summed E-state index contributed by atoms with van der Waals surface area (Å²) in [5, 5.41) is 21.9. The van der Waals surface area contributed by atoms with Crippen LogP contribution in [0.1, 0.15) is 9.67 Å². The van der Waals surface area contributed by atoms with Gasteiger partial charge in [0, 0.05) is 11.6 Å². The molecule has 0 saturated carbocycles. The summed E-state index contributed by atoms with van der Waals surface area (Å²) in [7, 11) is 0. The van der Waals surface area contributed by atoms with Crippen LogP contribution in [0.5, 0.6) is 0 Å². The topological polar surface area (TPSA) is 104 Å². The van der Waals surface area contributed by atoms with E-state index in [-0.39, 0.29) is 0 Å². The van der Waals surface area contributed by atoms with E-state index in [1.54, 1.807) is 6.07 Å². The first-order valence-electron chi connectivity index (χ1n) is 5.60. The Labute approximate surface area is 120 Å². The van der Waals surface area contributed by atoms with E-state index >= 15 is 0 Å².